The third kappa shape index (κ3) is 12.8. The summed E-state index contributed by atoms with van der Waals surface area (Å²) >= 11 is 0. The molecular formula is C28H30F6N4O7. The predicted molar refractivity (Wildman–Crippen MR) is 148 cm³/mol. The molecule has 2 aromatic carbocycles. The molecule has 4 N–H and O–H groups in total. The lowest BCUT2D eigenvalue weighted by atomic mass is 9.95. The first kappa shape index (κ1) is 36.4. The molecule has 1 unspecified atom stereocenters. The molecule has 0 saturated heterocycles. The van der Waals surface area contributed by atoms with Crippen molar-refractivity contribution in [3.63, 3.8) is 0 Å². The number of amides is 1. The van der Waals surface area contributed by atoms with E-state index in [1.54, 1.807) is 6.20 Å². The number of carbonyl (C=O) groups is 3. The summed E-state index contributed by atoms with van der Waals surface area (Å²) in [7, 11) is 4.10. The van der Waals surface area contributed by atoms with Crippen LogP contribution >= 0.6 is 0 Å². The summed E-state index contributed by atoms with van der Waals surface area (Å²) in [5.41, 5.74) is 3.82. The highest BCUT2D eigenvalue weighted by Gasteiger charge is 2.38. The number of ether oxygens (including phenoxy) is 2. The first-order valence-corrected chi connectivity index (χ1v) is 13.0. The number of aromatic amines is 1. The van der Waals surface area contributed by atoms with E-state index >= 15 is 0 Å². The molecule has 0 bridgehead atoms. The molecule has 3 aromatic rings. The van der Waals surface area contributed by atoms with Crippen molar-refractivity contribution in [1.29, 1.82) is 0 Å². The van der Waals surface area contributed by atoms with Crippen molar-refractivity contribution < 1.29 is 60.4 Å². The first-order chi connectivity index (χ1) is 21.0. The molecule has 4 rings (SSSR count). The van der Waals surface area contributed by atoms with Gasteiger partial charge in [0.2, 0.25) is 5.91 Å². The topological polar surface area (TPSA) is 154 Å². The lowest BCUT2D eigenvalue weighted by molar-refractivity contribution is -0.193. The van der Waals surface area contributed by atoms with Crippen LogP contribution in [0.25, 0.3) is 11.1 Å². The third-order valence-corrected chi connectivity index (χ3v) is 5.80. The SMILES string of the molecule is CN(C)CCCOc1ccc2c(c1)CC(C(=O)Nc1ccc(-c3cn[nH]c3)cc1)CO2.O=C(O)C(F)(F)F.O=C(O)C(F)(F)F. The van der Waals surface area contributed by atoms with Gasteiger partial charge in [0, 0.05) is 24.0 Å². The maximum atomic E-state index is 12.8. The molecule has 0 saturated carbocycles. The van der Waals surface area contributed by atoms with Crippen LogP contribution < -0.4 is 14.8 Å². The van der Waals surface area contributed by atoms with Crippen molar-refractivity contribution in [3.05, 3.63) is 60.4 Å². The minimum Gasteiger partial charge on any atom is -0.494 e. The average molecular weight is 649 g/mol. The van der Waals surface area contributed by atoms with Crippen LogP contribution in [-0.4, -0.2) is 89.4 Å². The molecule has 1 aliphatic heterocycles. The van der Waals surface area contributed by atoms with E-state index in [0.717, 1.165) is 46.8 Å². The molecule has 0 fully saturated rings. The number of alkyl halides is 6. The van der Waals surface area contributed by atoms with Crippen LogP contribution in [0.4, 0.5) is 32.0 Å². The first-order valence-electron chi connectivity index (χ1n) is 13.0. The number of carboxylic acid groups (broad SMARTS) is 2. The van der Waals surface area contributed by atoms with E-state index in [2.05, 4.69) is 34.5 Å². The molecule has 2 heterocycles. The van der Waals surface area contributed by atoms with E-state index < -0.39 is 24.3 Å². The van der Waals surface area contributed by atoms with Gasteiger partial charge in [-0.3, -0.25) is 9.89 Å². The van der Waals surface area contributed by atoms with Crippen LogP contribution in [0.3, 0.4) is 0 Å². The summed E-state index contributed by atoms with van der Waals surface area (Å²) in [6.07, 6.45) is -4.97. The Labute approximate surface area is 252 Å². The number of H-pyrrole nitrogens is 1. The highest BCUT2D eigenvalue weighted by Crippen LogP contribution is 2.31. The smallest absolute Gasteiger partial charge is 0.490 e. The average Bonchev–Trinajstić information content (AvgIpc) is 3.50. The summed E-state index contributed by atoms with van der Waals surface area (Å²) in [5.74, 6) is -4.16. The molecule has 1 atom stereocenters. The number of fused-ring (bicyclic) bond motifs is 1. The molecule has 11 nitrogen and oxygen atoms in total. The zero-order valence-corrected chi connectivity index (χ0v) is 23.9. The monoisotopic (exact) mass is 648 g/mol. The van der Waals surface area contributed by atoms with Gasteiger partial charge in [0.25, 0.3) is 0 Å². The number of rotatable bonds is 8. The Morgan fingerprint density at radius 1 is 1.00 bits per heavy atom. The van der Waals surface area contributed by atoms with Crippen molar-refractivity contribution in [1.82, 2.24) is 15.1 Å². The molecule has 1 amide bonds. The van der Waals surface area contributed by atoms with Gasteiger partial charge in [0.1, 0.15) is 18.1 Å². The molecule has 17 heteroatoms. The van der Waals surface area contributed by atoms with Crippen molar-refractivity contribution in [2.24, 2.45) is 5.92 Å². The summed E-state index contributed by atoms with van der Waals surface area (Å²) < 4.78 is 75.2. The van der Waals surface area contributed by atoms with Crippen LogP contribution in [0, 0.1) is 5.92 Å². The summed E-state index contributed by atoms with van der Waals surface area (Å²) in [4.78, 5) is 32.7. The van der Waals surface area contributed by atoms with E-state index in [1.165, 1.54) is 0 Å². The molecule has 0 aliphatic carbocycles. The zero-order valence-electron chi connectivity index (χ0n) is 23.9. The quantitative estimate of drug-likeness (QED) is 0.198. The number of nitrogens with one attached hydrogen (secondary N) is 2. The van der Waals surface area contributed by atoms with Gasteiger partial charge in [-0.15, -0.1) is 0 Å². The number of aliphatic carboxylic acids is 2. The summed E-state index contributed by atoms with van der Waals surface area (Å²) in [6, 6.07) is 13.6. The number of hydrogen-bond acceptors (Lipinski definition) is 7. The second kappa shape index (κ2) is 16.3. The fraction of sp³-hybridized carbons (Fsp3) is 0.357. The highest BCUT2D eigenvalue weighted by atomic mass is 19.4. The zero-order chi connectivity index (χ0) is 33.8. The predicted octanol–water partition coefficient (Wildman–Crippen LogP) is 4.86. The molecule has 1 aromatic heterocycles. The van der Waals surface area contributed by atoms with Gasteiger partial charge in [0.15, 0.2) is 0 Å². The lowest BCUT2D eigenvalue weighted by Crippen LogP contribution is -2.32. The minimum atomic E-state index is -5.08. The maximum Gasteiger partial charge on any atom is 0.490 e. The van der Waals surface area contributed by atoms with E-state index in [-0.39, 0.29) is 11.8 Å². The van der Waals surface area contributed by atoms with Crippen LogP contribution in [-0.2, 0) is 20.8 Å². The number of benzene rings is 2. The number of nitrogens with zero attached hydrogens (tertiary/aromatic N) is 2. The van der Waals surface area contributed by atoms with Crippen molar-refractivity contribution in [2.75, 3.05) is 39.2 Å². The normalized spacial score (nSPS) is 14.0. The Balaban J connectivity index is 0.000000421. The van der Waals surface area contributed by atoms with Gasteiger partial charge in [-0.25, -0.2) is 9.59 Å². The minimum absolute atomic E-state index is 0.0426. The molecular weight excluding hydrogens is 618 g/mol. The van der Waals surface area contributed by atoms with E-state index in [1.807, 2.05) is 48.7 Å². The fourth-order valence-electron chi connectivity index (χ4n) is 3.60. The molecule has 0 radical (unpaired) electrons. The van der Waals surface area contributed by atoms with E-state index in [4.69, 9.17) is 29.3 Å². The number of anilines is 1. The van der Waals surface area contributed by atoms with Crippen molar-refractivity contribution >= 4 is 23.5 Å². The number of aromatic nitrogens is 2. The van der Waals surface area contributed by atoms with Gasteiger partial charge < -0.3 is 29.9 Å². The Morgan fingerprint density at radius 2 is 1.60 bits per heavy atom. The third-order valence-electron chi connectivity index (χ3n) is 5.80. The van der Waals surface area contributed by atoms with Crippen LogP contribution in [0.2, 0.25) is 0 Å². The number of carbonyl (C=O) groups excluding carboxylic acids is 1. The highest BCUT2D eigenvalue weighted by molar-refractivity contribution is 5.93. The second-order valence-electron chi connectivity index (χ2n) is 9.65. The van der Waals surface area contributed by atoms with Gasteiger partial charge in [0.05, 0.1) is 18.7 Å². The standard InChI is InChI=1S/C24H28N4O3.2C2HF3O2/c1-28(2)10-3-11-30-22-8-9-23-18(13-22)12-19(16-31-23)24(29)27-21-6-4-17(5-7-21)20-14-25-26-15-20;2*3-2(4,5)1(6)7/h4-9,13-15,19H,3,10-12,16H2,1-2H3,(H,25,26)(H,27,29);2*(H,6,7). The van der Waals surface area contributed by atoms with Gasteiger partial charge in [-0.1, -0.05) is 12.1 Å². The van der Waals surface area contributed by atoms with Gasteiger partial charge >= 0.3 is 24.3 Å². The van der Waals surface area contributed by atoms with Crippen molar-refractivity contribution in [2.45, 2.75) is 25.2 Å². The molecule has 1 aliphatic rings. The summed E-state index contributed by atoms with van der Waals surface area (Å²) in [6.45, 7) is 2.02. The fourth-order valence-corrected chi connectivity index (χ4v) is 3.60. The number of carboxylic acids is 2. The van der Waals surface area contributed by atoms with Crippen LogP contribution in [0.1, 0.15) is 12.0 Å². The van der Waals surface area contributed by atoms with E-state index in [9.17, 15) is 31.1 Å². The van der Waals surface area contributed by atoms with Gasteiger partial charge in [-0.05, 0) is 68.4 Å². The maximum absolute atomic E-state index is 12.8. The van der Waals surface area contributed by atoms with Crippen molar-refractivity contribution in [3.8, 4) is 22.6 Å². The Morgan fingerprint density at radius 3 is 2.11 bits per heavy atom. The molecule has 0 spiro atoms. The molecule has 246 valence electrons. The van der Waals surface area contributed by atoms with E-state index in [0.29, 0.717) is 19.6 Å². The second-order valence-corrected chi connectivity index (χ2v) is 9.65. The lowest BCUT2D eigenvalue weighted by Gasteiger charge is -2.25. The van der Waals surface area contributed by atoms with Crippen LogP contribution in [0.15, 0.2) is 54.9 Å². The Hall–Kier alpha value is -4.80. The van der Waals surface area contributed by atoms with Crippen LogP contribution in [0.5, 0.6) is 11.5 Å². The summed E-state index contributed by atoms with van der Waals surface area (Å²) in [5, 5.41) is 24.0. The largest absolute Gasteiger partial charge is 0.494 e. The number of halogens is 6. The molecule has 45 heavy (non-hydrogen) atoms. The Bertz CT molecular complexity index is 1370. The number of hydrogen-bond donors (Lipinski definition) is 4. The Kier molecular flexibility index (Phi) is 13.2. The van der Waals surface area contributed by atoms with Gasteiger partial charge in [-0.2, -0.15) is 31.4 Å².